The minimum absolute atomic E-state index is 0.285. The standard InChI is InChI=1S/C15H14Cl2N2O2/c1-9-6-7-13(18-8-9)19-15(20)10(2)21-12-5-3-4-11(16)14(12)17/h3-8,10H,1-2H3,(H,18,19,20). The molecule has 1 atom stereocenters. The van der Waals surface area contributed by atoms with Crippen molar-refractivity contribution >= 4 is 34.9 Å². The molecule has 1 aromatic heterocycles. The largest absolute Gasteiger partial charge is 0.479 e. The molecule has 2 rings (SSSR count). The maximum absolute atomic E-state index is 12.0. The third-order valence-electron chi connectivity index (χ3n) is 2.75. The van der Waals surface area contributed by atoms with Crippen LogP contribution in [0.5, 0.6) is 5.75 Å². The first-order chi connectivity index (χ1) is 9.97. The highest BCUT2D eigenvalue weighted by Gasteiger charge is 2.17. The van der Waals surface area contributed by atoms with Crippen molar-refractivity contribution in [1.82, 2.24) is 4.98 Å². The summed E-state index contributed by atoms with van der Waals surface area (Å²) < 4.78 is 5.53. The second-order valence-corrected chi connectivity index (χ2v) is 5.31. The molecule has 0 saturated carbocycles. The number of amides is 1. The van der Waals surface area contributed by atoms with Crippen LogP contribution in [0.15, 0.2) is 36.5 Å². The van der Waals surface area contributed by atoms with Crippen LogP contribution < -0.4 is 10.1 Å². The number of hydrogen-bond acceptors (Lipinski definition) is 3. The van der Waals surface area contributed by atoms with E-state index in [1.54, 1.807) is 37.4 Å². The summed E-state index contributed by atoms with van der Waals surface area (Å²) in [6.45, 7) is 3.55. The number of pyridine rings is 1. The number of aryl methyl sites for hydroxylation is 1. The van der Waals surface area contributed by atoms with Gasteiger partial charge < -0.3 is 10.1 Å². The van der Waals surface area contributed by atoms with E-state index in [0.29, 0.717) is 16.6 Å². The van der Waals surface area contributed by atoms with Gasteiger partial charge in [-0.15, -0.1) is 0 Å². The second kappa shape index (κ2) is 6.78. The van der Waals surface area contributed by atoms with Crippen LogP contribution in [0.1, 0.15) is 12.5 Å². The maximum atomic E-state index is 12.0. The molecule has 0 fully saturated rings. The fourth-order valence-electron chi connectivity index (χ4n) is 1.59. The molecule has 1 amide bonds. The molecular formula is C15H14Cl2N2O2. The summed E-state index contributed by atoms with van der Waals surface area (Å²) in [6.07, 6.45) is 0.943. The Balaban J connectivity index is 2.02. The molecule has 0 aliphatic carbocycles. The number of carbonyl (C=O) groups excluding carboxylic acids is 1. The molecule has 0 bridgehead atoms. The van der Waals surface area contributed by atoms with Crippen LogP contribution >= 0.6 is 23.2 Å². The molecular weight excluding hydrogens is 311 g/mol. The van der Waals surface area contributed by atoms with E-state index in [-0.39, 0.29) is 10.9 Å². The Morgan fingerprint density at radius 3 is 2.71 bits per heavy atom. The van der Waals surface area contributed by atoms with Gasteiger partial charge in [-0.3, -0.25) is 4.79 Å². The van der Waals surface area contributed by atoms with E-state index in [9.17, 15) is 4.79 Å². The maximum Gasteiger partial charge on any atom is 0.266 e. The minimum atomic E-state index is -0.732. The van der Waals surface area contributed by atoms with Gasteiger partial charge in [0.2, 0.25) is 0 Å². The number of hydrogen-bond donors (Lipinski definition) is 1. The van der Waals surface area contributed by atoms with E-state index in [1.165, 1.54) is 0 Å². The van der Waals surface area contributed by atoms with Crippen LogP contribution in [0.3, 0.4) is 0 Å². The summed E-state index contributed by atoms with van der Waals surface area (Å²) in [4.78, 5) is 16.2. The van der Waals surface area contributed by atoms with Gasteiger partial charge in [0.25, 0.3) is 5.91 Å². The molecule has 6 heteroatoms. The van der Waals surface area contributed by atoms with Crippen LogP contribution in [0.25, 0.3) is 0 Å². The van der Waals surface area contributed by atoms with Gasteiger partial charge in [-0.1, -0.05) is 35.3 Å². The van der Waals surface area contributed by atoms with Crippen molar-refractivity contribution in [1.29, 1.82) is 0 Å². The molecule has 21 heavy (non-hydrogen) atoms. The number of carbonyl (C=O) groups is 1. The summed E-state index contributed by atoms with van der Waals surface area (Å²) in [5, 5.41) is 3.33. The number of ether oxygens (including phenoxy) is 1. The summed E-state index contributed by atoms with van der Waals surface area (Å²) in [7, 11) is 0. The van der Waals surface area contributed by atoms with Gasteiger partial charge in [-0.25, -0.2) is 4.98 Å². The van der Waals surface area contributed by atoms with E-state index >= 15 is 0 Å². The van der Waals surface area contributed by atoms with Crippen molar-refractivity contribution in [2.75, 3.05) is 5.32 Å². The molecule has 0 radical (unpaired) electrons. The summed E-state index contributed by atoms with van der Waals surface area (Å²) in [5.41, 5.74) is 1.02. The Labute approximate surface area is 133 Å². The quantitative estimate of drug-likeness (QED) is 0.921. The Morgan fingerprint density at radius 1 is 1.29 bits per heavy atom. The average molecular weight is 325 g/mol. The van der Waals surface area contributed by atoms with Gasteiger partial charge >= 0.3 is 0 Å². The number of anilines is 1. The highest BCUT2D eigenvalue weighted by Crippen LogP contribution is 2.32. The smallest absolute Gasteiger partial charge is 0.266 e. The Kier molecular flexibility index (Phi) is 5.04. The van der Waals surface area contributed by atoms with Crippen LogP contribution in [-0.2, 0) is 4.79 Å². The summed E-state index contributed by atoms with van der Waals surface area (Å²) >= 11 is 11.9. The lowest BCUT2D eigenvalue weighted by atomic mass is 10.3. The summed E-state index contributed by atoms with van der Waals surface area (Å²) in [6, 6.07) is 8.60. The van der Waals surface area contributed by atoms with E-state index in [2.05, 4.69) is 10.3 Å². The third-order valence-corrected chi connectivity index (χ3v) is 3.55. The molecule has 1 aromatic carbocycles. The zero-order valence-corrected chi connectivity index (χ0v) is 13.1. The van der Waals surface area contributed by atoms with Gasteiger partial charge in [-0.05, 0) is 37.6 Å². The van der Waals surface area contributed by atoms with Gasteiger partial charge in [0.05, 0.1) is 5.02 Å². The lowest BCUT2D eigenvalue weighted by molar-refractivity contribution is -0.122. The topological polar surface area (TPSA) is 51.2 Å². The van der Waals surface area contributed by atoms with Crippen molar-refractivity contribution in [2.24, 2.45) is 0 Å². The van der Waals surface area contributed by atoms with E-state index < -0.39 is 6.10 Å². The zero-order chi connectivity index (χ0) is 15.4. The van der Waals surface area contributed by atoms with E-state index in [1.807, 2.05) is 13.0 Å². The number of nitrogens with one attached hydrogen (secondary N) is 1. The molecule has 0 spiro atoms. The lowest BCUT2D eigenvalue weighted by Gasteiger charge is -2.15. The Morgan fingerprint density at radius 2 is 2.05 bits per heavy atom. The fourth-order valence-corrected chi connectivity index (χ4v) is 1.93. The summed E-state index contributed by atoms with van der Waals surface area (Å²) in [5.74, 6) is 0.518. The molecule has 0 aliphatic heterocycles. The number of halogens is 2. The highest BCUT2D eigenvalue weighted by atomic mass is 35.5. The SMILES string of the molecule is Cc1ccc(NC(=O)C(C)Oc2cccc(Cl)c2Cl)nc1. The van der Waals surface area contributed by atoms with Gasteiger partial charge in [0.15, 0.2) is 6.10 Å². The van der Waals surface area contributed by atoms with Crippen LogP contribution in [0.4, 0.5) is 5.82 Å². The molecule has 1 heterocycles. The minimum Gasteiger partial charge on any atom is -0.479 e. The molecule has 2 aromatic rings. The van der Waals surface area contributed by atoms with Crippen molar-refractivity contribution < 1.29 is 9.53 Å². The van der Waals surface area contributed by atoms with Crippen LogP contribution in [-0.4, -0.2) is 17.0 Å². The van der Waals surface area contributed by atoms with Crippen molar-refractivity contribution in [3.63, 3.8) is 0 Å². The van der Waals surface area contributed by atoms with E-state index in [0.717, 1.165) is 5.56 Å². The highest BCUT2D eigenvalue weighted by molar-refractivity contribution is 6.42. The fraction of sp³-hybridized carbons (Fsp3) is 0.200. The average Bonchev–Trinajstić information content (AvgIpc) is 2.46. The zero-order valence-electron chi connectivity index (χ0n) is 11.6. The molecule has 110 valence electrons. The van der Waals surface area contributed by atoms with Crippen molar-refractivity contribution in [2.45, 2.75) is 20.0 Å². The number of rotatable bonds is 4. The molecule has 1 unspecified atom stereocenters. The monoisotopic (exact) mass is 324 g/mol. The Hall–Kier alpha value is -1.78. The number of benzene rings is 1. The first-order valence-electron chi connectivity index (χ1n) is 6.31. The first-order valence-corrected chi connectivity index (χ1v) is 7.07. The molecule has 1 N–H and O–H groups in total. The van der Waals surface area contributed by atoms with Crippen molar-refractivity contribution in [3.05, 3.63) is 52.1 Å². The van der Waals surface area contributed by atoms with Crippen LogP contribution in [0, 0.1) is 6.92 Å². The lowest BCUT2D eigenvalue weighted by Crippen LogP contribution is -2.30. The number of nitrogens with zero attached hydrogens (tertiary/aromatic N) is 1. The molecule has 0 aliphatic rings. The van der Waals surface area contributed by atoms with E-state index in [4.69, 9.17) is 27.9 Å². The number of aromatic nitrogens is 1. The second-order valence-electron chi connectivity index (χ2n) is 4.52. The van der Waals surface area contributed by atoms with Crippen LogP contribution in [0.2, 0.25) is 10.0 Å². The third kappa shape index (κ3) is 4.09. The van der Waals surface area contributed by atoms with Gasteiger partial charge in [-0.2, -0.15) is 0 Å². The predicted octanol–water partition coefficient (Wildman–Crippen LogP) is 4.10. The van der Waals surface area contributed by atoms with Crippen molar-refractivity contribution in [3.8, 4) is 5.75 Å². The van der Waals surface area contributed by atoms with Gasteiger partial charge in [0, 0.05) is 6.20 Å². The molecule has 4 nitrogen and oxygen atoms in total. The molecule has 0 saturated heterocycles. The first kappa shape index (κ1) is 15.6. The Bertz CT molecular complexity index is 645. The normalized spacial score (nSPS) is 11.8. The van der Waals surface area contributed by atoms with Gasteiger partial charge in [0.1, 0.15) is 16.6 Å². The predicted molar refractivity (Wildman–Crippen MR) is 84.2 cm³/mol.